The van der Waals surface area contributed by atoms with Gasteiger partial charge in [-0.15, -0.1) is 0 Å². The van der Waals surface area contributed by atoms with Gasteiger partial charge in [-0.3, -0.25) is 0 Å². The third-order valence-electron chi connectivity index (χ3n) is 4.87. The summed E-state index contributed by atoms with van der Waals surface area (Å²) in [7, 11) is 1.74. The summed E-state index contributed by atoms with van der Waals surface area (Å²) >= 11 is 2.43. The van der Waals surface area contributed by atoms with Gasteiger partial charge in [0.2, 0.25) is 0 Å². The fourth-order valence-corrected chi connectivity index (χ4v) is 6.09. The Hall–Kier alpha value is -1.33. The molecule has 3 N–H and O–H groups in total. The molecule has 30 heavy (non-hydrogen) atoms. The first-order valence-corrected chi connectivity index (χ1v) is 13.3. The summed E-state index contributed by atoms with van der Waals surface area (Å²) in [6.07, 6.45) is 3.73. The number of ether oxygens (including phenoxy) is 1. The Kier molecular flexibility index (Phi) is 7.67. The van der Waals surface area contributed by atoms with Crippen LogP contribution in [0, 0.1) is 0 Å². The van der Waals surface area contributed by atoms with Gasteiger partial charge < -0.3 is 0 Å². The second kappa shape index (κ2) is 9.86. The predicted octanol–water partition coefficient (Wildman–Crippen LogP) is 3.31. The summed E-state index contributed by atoms with van der Waals surface area (Å²) in [6.45, 7) is 10.5. The van der Waals surface area contributed by atoms with E-state index in [9.17, 15) is 0 Å². The zero-order valence-corrected chi connectivity index (χ0v) is 23.8. The number of hydrogen-bond donors (Lipinski definition) is 2. The third-order valence-corrected chi connectivity index (χ3v) is 8.61. The SMILES string of the molecule is CCc1c[c]([Tl])c(Sc2nc3c(N)nccc3n2CCCNC(C)(C)C)cc1OC. The number of fused-ring (bicyclic) bond motifs is 1. The van der Waals surface area contributed by atoms with Gasteiger partial charge in [-0.25, -0.2) is 0 Å². The van der Waals surface area contributed by atoms with Crippen LogP contribution in [0.5, 0.6) is 5.75 Å². The van der Waals surface area contributed by atoms with Crippen LogP contribution in [0.4, 0.5) is 5.82 Å². The molecule has 158 valence electrons. The molecule has 0 radical (unpaired) electrons. The van der Waals surface area contributed by atoms with Gasteiger partial charge in [0.05, 0.1) is 0 Å². The fraction of sp³-hybridized carbons (Fsp3) is 0.455. The number of nitrogen functional groups attached to an aromatic ring is 1. The van der Waals surface area contributed by atoms with Crippen LogP contribution >= 0.6 is 11.8 Å². The number of aromatic nitrogens is 3. The van der Waals surface area contributed by atoms with Crippen molar-refractivity contribution in [1.82, 2.24) is 19.9 Å². The summed E-state index contributed by atoms with van der Waals surface area (Å²) in [5.74, 6) is 1.43. The molecule has 0 saturated carbocycles. The molecule has 0 aliphatic heterocycles. The number of methoxy groups -OCH3 is 1. The average Bonchev–Trinajstić information content (AvgIpc) is 3.04. The van der Waals surface area contributed by atoms with Gasteiger partial charge in [0.15, 0.2) is 0 Å². The maximum atomic E-state index is 6.14. The summed E-state index contributed by atoms with van der Waals surface area (Å²) in [6, 6.07) is 6.44. The number of benzene rings is 1. The van der Waals surface area contributed by atoms with Crippen molar-refractivity contribution < 1.29 is 4.74 Å². The second-order valence-corrected chi connectivity index (χ2v) is 11.7. The topological polar surface area (TPSA) is 78.0 Å². The van der Waals surface area contributed by atoms with Gasteiger partial charge in [0.25, 0.3) is 0 Å². The Morgan fingerprint density at radius 3 is 2.73 bits per heavy atom. The zero-order chi connectivity index (χ0) is 21.9. The number of imidazole rings is 1. The number of nitrogens with zero attached hydrogens (tertiary/aromatic N) is 3. The summed E-state index contributed by atoms with van der Waals surface area (Å²) in [4.78, 5) is 10.3. The van der Waals surface area contributed by atoms with Crippen LogP contribution in [0.15, 0.2) is 34.4 Å². The number of pyridine rings is 1. The molecule has 3 rings (SSSR count). The molecule has 2 heterocycles. The van der Waals surface area contributed by atoms with E-state index in [2.05, 4.69) is 54.7 Å². The van der Waals surface area contributed by atoms with E-state index in [-0.39, 0.29) is 5.54 Å². The molecule has 0 saturated heterocycles. The fourth-order valence-electron chi connectivity index (χ4n) is 3.32. The van der Waals surface area contributed by atoms with Gasteiger partial charge in [0.1, 0.15) is 0 Å². The van der Waals surface area contributed by atoms with Crippen molar-refractivity contribution in [2.24, 2.45) is 0 Å². The van der Waals surface area contributed by atoms with Crippen molar-refractivity contribution >= 4 is 57.5 Å². The minimum atomic E-state index is 0.114. The van der Waals surface area contributed by atoms with Crippen LogP contribution in [0.2, 0.25) is 0 Å². The molecule has 8 heteroatoms. The van der Waals surface area contributed by atoms with E-state index in [1.54, 1.807) is 25.1 Å². The van der Waals surface area contributed by atoms with E-state index in [0.717, 1.165) is 73.6 Å². The molecule has 6 nitrogen and oxygen atoms in total. The van der Waals surface area contributed by atoms with E-state index >= 15 is 0 Å². The predicted molar refractivity (Wildman–Crippen MR) is 126 cm³/mol. The van der Waals surface area contributed by atoms with Gasteiger partial charge in [0, 0.05) is 0 Å². The van der Waals surface area contributed by atoms with E-state index in [1.807, 2.05) is 6.07 Å². The standard InChI is InChI=1S/C22H30N5OS.Tl/c1-6-15-8-9-16(14-18(15)28-5)29-21-26-19-17(10-12-24-20(19)23)27(21)13-7-11-25-22(2,3)4;/h8,10,12,14,25H,6-7,11,13H2,1-5H3,(H2,23,24);. The molecule has 0 fully saturated rings. The minimum absolute atomic E-state index is 0.114. The van der Waals surface area contributed by atoms with Gasteiger partial charge in [-0.2, -0.15) is 0 Å². The molecule has 2 aromatic heterocycles. The molecular formula is C22H30N5OSTl. The van der Waals surface area contributed by atoms with Gasteiger partial charge in [-0.05, 0) is 0 Å². The molecule has 0 aliphatic carbocycles. The summed E-state index contributed by atoms with van der Waals surface area (Å²) in [5, 5.41) is 4.51. The molecule has 0 aliphatic rings. The Labute approximate surface area is 199 Å². The zero-order valence-electron chi connectivity index (χ0n) is 18.5. The quantitative estimate of drug-likeness (QED) is 0.299. The van der Waals surface area contributed by atoms with E-state index in [4.69, 9.17) is 15.5 Å². The monoisotopic (exact) mass is 617 g/mol. The van der Waals surface area contributed by atoms with Crippen LogP contribution in [-0.4, -0.2) is 59.5 Å². The number of anilines is 1. The number of rotatable bonds is 8. The van der Waals surface area contributed by atoms with Crippen molar-refractivity contribution in [3.8, 4) is 5.75 Å². The van der Waals surface area contributed by atoms with Crippen LogP contribution in [0.1, 0.15) is 39.7 Å². The Morgan fingerprint density at radius 1 is 1.30 bits per heavy atom. The van der Waals surface area contributed by atoms with Crippen molar-refractivity contribution in [2.75, 3.05) is 19.4 Å². The first-order valence-electron chi connectivity index (χ1n) is 10.2. The Balaban J connectivity index is 1.94. The van der Waals surface area contributed by atoms with Gasteiger partial charge in [-0.1, -0.05) is 0 Å². The van der Waals surface area contributed by atoms with E-state index < -0.39 is 0 Å². The average molecular weight is 617 g/mol. The number of nitrogens with two attached hydrogens (primary N) is 1. The number of hydrogen-bond acceptors (Lipinski definition) is 6. The first-order chi connectivity index (χ1) is 14.2. The first kappa shape index (κ1) is 23.3. The molecule has 0 spiro atoms. The Bertz CT molecular complexity index is 1030. The van der Waals surface area contributed by atoms with Crippen molar-refractivity contribution in [1.29, 1.82) is 0 Å². The van der Waals surface area contributed by atoms with E-state index in [0.29, 0.717) is 5.82 Å². The molecule has 0 bridgehead atoms. The number of aryl methyl sites for hydroxylation is 2. The van der Waals surface area contributed by atoms with Crippen LogP contribution < -0.4 is 18.9 Å². The molecule has 3 aromatic rings. The van der Waals surface area contributed by atoms with Crippen molar-refractivity contribution in [3.63, 3.8) is 0 Å². The summed E-state index contributed by atoms with van der Waals surface area (Å²) < 4.78 is 9.29. The summed E-state index contributed by atoms with van der Waals surface area (Å²) in [5.41, 5.74) is 9.32. The normalized spacial score (nSPS) is 11.9. The third kappa shape index (κ3) is 5.47. The van der Waals surface area contributed by atoms with Crippen LogP contribution in [-0.2, 0) is 13.0 Å². The molecular weight excluding hydrogens is 587 g/mol. The number of nitrogens with one attached hydrogen (secondary N) is 1. The van der Waals surface area contributed by atoms with Gasteiger partial charge >= 0.3 is 200 Å². The molecule has 0 amide bonds. The van der Waals surface area contributed by atoms with Crippen molar-refractivity contribution in [3.05, 3.63) is 30.0 Å². The van der Waals surface area contributed by atoms with Crippen LogP contribution in [0.3, 0.4) is 0 Å². The van der Waals surface area contributed by atoms with Crippen molar-refractivity contribution in [2.45, 2.75) is 62.7 Å². The molecule has 0 unspecified atom stereocenters. The molecule has 1 aromatic carbocycles. The van der Waals surface area contributed by atoms with E-state index in [1.165, 1.54) is 13.6 Å². The molecule has 0 atom stereocenters. The Morgan fingerprint density at radius 2 is 2.07 bits per heavy atom. The van der Waals surface area contributed by atoms with Crippen LogP contribution in [0.25, 0.3) is 11.0 Å². The maximum absolute atomic E-state index is 6.14. The second-order valence-electron chi connectivity index (χ2n) is 8.30.